The summed E-state index contributed by atoms with van der Waals surface area (Å²) in [4.78, 5) is 24.1. The maximum absolute atomic E-state index is 12.2. The molecule has 22 heavy (non-hydrogen) atoms. The first kappa shape index (κ1) is 17.8. The number of rotatable bonds is 6. The molecule has 0 aliphatic rings. The van der Waals surface area contributed by atoms with Gasteiger partial charge in [0.15, 0.2) is 0 Å². The first-order valence-electron chi connectivity index (χ1n) is 6.45. The highest BCUT2D eigenvalue weighted by molar-refractivity contribution is 5.95. The number of carboxylic acid groups (broad SMARTS) is 1. The van der Waals surface area contributed by atoms with Gasteiger partial charge in [0, 0.05) is 12.1 Å². The fourth-order valence-electron chi connectivity index (χ4n) is 1.81. The van der Waals surface area contributed by atoms with E-state index in [9.17, 15) is 22.8 Å². The molecule has 0 aromatic heterocycles. The number of benzene rings is 1. The van der Waals surface area contributed by atoms with E-state index in [4.69, 9.17) is 5.11 Å². The summed E-state index contributed by atoms with van der Waals surface area (Å²) < 4.78 is 39.9. The van der Waals surface area contributed by atoms with Crippen LogP contribution in [0.2, 0.25) is 0 Å². The largest absolute Gasteiger partial charge is 0.573 e. The standard InChI is InChI=1S/C14H16F3NO4/c1-9(2)7-18(8-12(19)20)13(21)10-3-5-11(6-4-10)22-14(15,16)17/h3-6,9H,7-8H2,1-2H3,(H,19,20). The van der Waals surface area contributed by atoms with Gasteiger partial charge in [-0.1, -0.05) is 13.8 Å². The third-order valence-electron chi connectivity index (χ3n) is 2.53. The van der Waals surface area contributed by atoms with E-state index in [0.717, 1.165) is 17.0 Å². The second-order valence-corrected chi connectivity index (χ2v) is 5.05. The van der Waals surface area contributed by atoms with E-state index in [0.29, 0.717) is 0 Å². The molecule has 0 unspecified atom stereocenters. The zero-order valence-electron chi connectivity index (χ0n) is 12.1. The van der Waals surface area contributed by atoms with Gasteiger partial charge in [0.25, 0.3) is 5.91 Å². The van der Waals surface area contributed by atoms with Crippen molar-refractivity contribution in [2.75, 3.05) is 13.1 Å². The minimum Gasteiger partial charge on any atom is -0.480 e. The van der Waals surface area contributed by atoms with Crippen LogP contribution in [-0.2, 0) is 4.79 Å². The molecule has 5 nitrogen and oxygen atoms in total. The predicted octanol–water partition coefficient (Wildman–Crippen LogP) is 2.77. The zero-order chi connectivity index (χ0) is 16.9. The number of aliphatic carboxylic acids is 1. The highest BCUT2D eigenvalue weighted by atomic mass is 19.4. The Morgan fingerprint density at radius 2 is 1.77 bits per heavy atom. The van der Waals surface area contributed by atoms with E-state index in [1.54, 1.807) is 0 Å². The van der Waals surface area contributed by atoms with Crippen LogP contribution in [0, 0.1) is 5.92 Å². The summed E-state index contributed by atoms with van der Waals surface area (Å²) in [6, 6.07) is 4.35. The van der Waals surface area contributed by atoms with E-state index in [-0.39, 0.29) is 18.0 Å². The van der Waals surface area contributed by atoms with Gasteiger partial charge in [-0.2, -0.15) is 0 Å². The third-order valence-corrected chi connectivity index (χ3v) is 2.53. The van der Waals surface area contributed by atoms with Crippen LogP contribution in [0.4, 0.5) is 13.2 Å². The molecular formula is C14H16F3NO4. The number of amides is 1. The second-order valence-electron chi connectivity index (χ2n) is 5.05. The van der Waals surface area contributed by atoms with Crippen LogP contribution in [0.25, 0.3) is 0 Å². The molecule has 0 aliphatic carbocycles. The number of nitrogens with zero attached hydrogens (tertiary/aromatic N) is 1. The van der Waals surface area contributed by atoms with Crippen molar-refractivity contribution in [3.05, 3.63) is 29.8 Å². The van der Waals surface area contributed by atoms with Gasteiger partial charge < -0.3 is 14.7 Å². The van der Waals surface area contributed by atoms with Crippen LogP contribution >= 0.6 is 0 Å². The van der Waals surface area contributed by atoms with Crippen molar-refractivity contribution in [1.29, 1.82) is 0 Å². The molecule has 1 aromatic rings. The summed E-state index contributed by atoms with van der Waals surface area (Å²) >= 11 is 0. The molecule has 0 spiro atoms. The summed E-state index contributed by atoms with van der Waals surface area (Å²) in [6.07, 6.45) is -4.81. The van der Waals surface area contributed by atoms with Crippen molar-refractivity contribution in [2.45, 2.75) is 20.2 Å². The van der Waals surface area contributed by atoms with Crippen molar-refractivity contribution in [3.63, 3.8) is 0 Å². The van der Waals surface area contributed by atoms with Gasteiger partial charge in [0.05, 0.1) is 0 Å². The summed E-state index contributed by atoms with van der Waals surface area (Å²) in [7, 11) is 0. The smallest absolute Gasteiger partial charge is 0.480 e. The normalized spacial score (nSPS) is 11.4. The van der Waals surface area contributed by atoms with Crippen LogP contribution in [0.15, 0.2) is 24.3 Å². The lowest BCUT2D eigenvalue weighted by Crippen LogP contribution is -2.38. The SMILES string of the molecule is CC(C)CN(CC(=O)O)C(=O)c1ccc(OC(F)(F)F)cc1. The van der Waals surface area contributed by atoms with Gasteiger partial charge in [0.2, 0.25) is 0 Å². The number of hydrogen-bond acceptors (Lipinski definition) is 3. The number of ether oxygens (including phenoxy) is 1. The molecule has 0 fully saturated rings. The van der Waals surface area contributed by atoms with Crippen molar-refractivity contribution in [2.24, 2.45) is 5.92 Å². The number of carbonyl (C=O) groups is 2. The average Bonchev–Trinajstić information content (AvgIpc) is 2.35. The maximum Gasteiger partial charge on any atom is 0.573 e. The van der Waals surface area contributed by atoms with Crippen molar-refractivity contribution in [3.8, 4) is 5.75 Å². The van der Waals surface area contributed by atoms with Crippen LogP contribution in [-0.4, -0.2) is 41.3 Å². The molecule has 0 atom stereocenters. The average molecular weight is 319 g/mol. The molecule has 8 heteroatoms. The minimum atomic E-state index is -4.81. The van der Waals surface area contributed by atoms with Gasteiger partial charge in [0.1, 0.15) is 12.3 Å². The highest BCUT2D eigenvalue weighted by Gasteiger charge is 2.31. The monoisotopic (exact) mass is 319 g/mol. The summed E-state index contributed by atoms with van der Waals surface area (Å²) in [5, 5.41) is 8.83. The van der Waals surface area contributed by atoms with Crippen molar-refractivity contribution < 1.29 is 32.6 Å². The summed E-state index contributed by atoms with van der Waals surface area (Å²) in [5.41, 5.74) is 0.0939. The first-order chi connectivity index (χ1) is 10.1. The van der Waals surface area contributed by atoms with Gasteiger partial charge >= 0.3 is 12.3 Å². The van der Waals surface area contributed by atoms with E-state index < -0.39 is 30.5 Å². The topological polar surface area (TPSA) is 66.8 Å². The van der Waals surface area contributed by atoms with E-state index in [2.05, 4.69) is 4.74 Å². The number of carboxylic acids is 1. The molecule has 0 bridgehead atoms. The Hall–Kier alpha value is -2.25. The molecule has 0 radical (unpaired) electrons. The lowest BCUT2D eigenvalue weighted by Gasteiger charge is -2.22. The van der Waals surface area contributed by atoms with Crippen molar-refractivity contribution >= 4 is 11.9 Å². The number of carbonyl (C=O) groups excluding carboxylic acids is 1. The Balaban J connectivity index is 2.87. The summed E-state index contributed by atoms with van der Waals surface area (Å²) in [6.45, 7) is 3.40. The van der Waals surface area contributed by atoms with Crippen LogP contribution < -0.4 is 4.74 Å². The molecular weight excluding hydrogens is 303 g/mol. The van der Waals surface area contributed by atoms with Crippen LogP contribution in [0.1, 0.15) is 24.2 Å². The van der Waals surface area contributed by atoms with Crippen LogP contribution in [0.3, 0.4) is 0 Å². The predicted molar refractivity (Wildman–Crippen MR) is 71.5 cm³/mol. The minimum absolute atomic E-state index is 0.0520. The first-order valence-corrected chi connectivity index (χ1v) is 6.45. The number of hydrogen-bond donors (Lipinski definition) is 1. The highest BCUT2D eigenvalue weighted by Crippen LogP contribution is 2.23. The molecule has 1 rings (SSSR count). The molecule has 1 amide bonds. The van der Waals surface area contributed by atoms with Gasteiger partial charge in [-0.15, -0.1) is 13.2 Å². The zero-order valence-corrected chi connectivity index (χ0v) is 12.1. The van der Waals surface area contributed by atoms with Gasteiger partial charge in [-0.3, -0.25) is 9.59 Å². The van der Waals surface area contributed by atoms with E-state index >= 15 is 0 Å². The molecule has 0 aliphatic heterocycles. The fourth-order valence-corrected chi connectivity index (χ4v) is 1.81. The maximum atomic E-state index is 12.2. The lowest BCUT2D eigenvalue weighted by molar-refractivity contribution is -0.274. The molecule has 122 valence electrons. The third kappa shape index (κ3) is 6.02. The Labute approximate surface area is 125 Å². The molecule has 1 N–H and O–H groups in total. The van der Waals surface area contributed by atoms with Crippen molar-refractivity contribution in [1.82, 2.24) is 4.90 Å². The summed E-state index contributed by atoms with van der Waals surface area (Å²) in [5.74, 6) is -2.12. The Kier molecular flexibility index (Phi) is 5.78. The Bertz CT molecular complexity index is 526. The fraction of sp³-hybridized carbons (Fsp3) is 0.429. The number of alkyl halides is 3. The van der Waals surface area contributed by atoms with E-state index in [1.165, 1.54) is 12.1 Å². The van der Waals surface area contributed by atoms with E-state index in [1.807, 2.05) is 13.8 Å². The van der Waals surface area contributed by atoms with Crippen LogP contribution in [0.5, 0.6) is 5.75 Å². The quantitative estimate of drug-likeness (QED) is 0.875. The number of halogens is 3. The lowest BCUT2D eigenvalue weighted by atomic mass is 10.1. The molecule has 0 saturated carbocycles. The second kappa shape index (κ2) is 7.15. The van der Waals surface area contributed by atoms with Gasteiger partial charge in [-0.05, 0) is 30.2 Å². The molecule has 0 heterocycles. The molecule has 0 saturated heterocycles. The van der Waals surface area contributed by atoms with Gasteiger partial charge in [-0.25, -0.2) is 0 Å². The molecule has 1 aromatic carbocycles. The Morgan fingerprint density at radius 3 is 2.18 bits per heavy atom. The Morgan fingerprint density at radius 1 is 1.23 bits per heavy atom.